The van der Waals surface area contributed by atoms with Crippen LogP contribution in [0.15, 0.2) is 48.7 Å². The number of fused-ring (bicyclic) bond motifs is 1. The molecule has 0 saturated carbocycles. The summed E-state index contributed by atoms with van der Waals surface area (Å²) in [5.41, 5.74) is 7.85. The van der Waals surface area contributed by atoms with Crippen molar-refractivity contribution in [2.24, 2.45) is 5.73 Å². The number of ether oxygens (including phenoxy) is 1. The van der Waals surface area contributed by atoms with E-state index in [9.17, 15) is 13.2 Å². The Labute approximate surface area is 206 Å². The van der Waals surface area contributed by atoms with E-state index in [1.54, 1.807) is 31.5 Å². The number of pyridine rings is 1. The molecule has 6 N–H and O–H groups in total. The minimum absolute atomic E-state index is 0.199. The summed E-state index contributed by atoms with van der Waals surface area (Å²) < 4.78 is 53.3. The van der Waals surface area contributed by atoms with E-state index in [2.05, 4.69) is 17.2 Å². The van der Waals surface area contributed by atoms with Gasteiger partial charge in [-0.15, -0.1) is 0 Å². The van der Waals surface area contributed by atoms with Gasteiger partial charge in [-0.1, -0.05) is 24.3 Å². The zero-order chi connectivity index (χ0) is 26.9. The van der Waals surface area contributed by atoms with Crippen LogP contribution in [0.1, 0.15) is 36.5 Å². The number of nitrogens with two attached hydrogens (primary N) is 1. The number of alkyl halides is 3. The number of halogens is 3. The topological polar surface area (TPSA) is 138 Å². The largest absolute Gasteiger partial charge is 0.497 e. The van der Waals surface area contributed by atoms with Crippen LogP contribution in [-0.4, -0.2) is 39.4 Å². The molecule has 1 aromatic heterocycles. The van der Waals surface area contributed by atoms with Gasteiger partial charge in [-0.25, -0.2) is 4.57 Å². The van der Waals surface area contributed by atoms with Crippen molar-refractivity contribution in [1.82, 2.24) is 4.98 Å². The summed E-state index contributed by atoms with van der Waals surface area (Å²) in [7, 11) is -3.04. The van der Waals surface area contributed by atoms with Crippen LogP contribution in [0.2, 0.25) is 0 Å². The van der Waals surface area contributed by atoms with Crippen molar-refractivity contribution in [2.45, 2.75) is 32.0 Å². The van der Waals surface area contributed by atoms with E-state index >= 15 is 0 Å². The number of nitrogens with one attached hydrogen (secondary N) is 1. The maximum Gasteiger partial charge on any atom is 0.466 e. The highest BCUT2D eigenvalue weighted by atomic mass is 31.2. The Kier molecular flexibility index (Phi) is 10.4. The van der Waals surface area contributed by atoms with E-state index in [1.165, 1.54) is 6.07 Å². The minimum atomic E-state index is -4.64. The van der Waals surface area contributed by atoms with Gasteiger partial charge in [-0.3, -0.25) is 4.98 Å². The van der Waals surface area contributed by atoms with Crippen LogP contribution in [0.3, 0.4) is 0 Å². The lowest BCUT2D eigenvalue weighted by Gasteiger charge is -2.18. The van der Waals surface area contributed by atoms with Crippen LogP contribution in [0.5, 0.6) is 5.75 Å². The van der Waals surface area contributed by atoms with Crippen molar-refractivity contribution in [1.29, 1.82) is 0 Å². The number of phosphoric acid groups is 1. The summed E-state index contributed by atoms with van der Waals surface area (Å²) in [5.74, 6) is 0.669. The maximum absolute atomic E-state index is 13.0. The predicted molar refractivity (Wildman–Crippen MR) is 134 cm³/mol. The summed E-state index contributed by atoms with van der Waals surface area (Å²) in [6.45, 7) is 2.71. The summed E-state index contributed by atoms with van der Waals surface area (Å²) >= 11 is 0. The molecule has 0 amide bonds. The first-order valence-corrected chi connectivity index (χ1v) is 12.5. The van der Waals surface area contributed by atoms with Crippen molar-refractivity contribution >= 4 is 36.6 Å². The first-order valence-electron chi connectivity index (χ1n) is 10.9. The van der Waals surface area contributed by atoms with Gasteiger partial charge >= 0.3 is 14.0 Å². The average Bonchev–Trinajstić information content (AvgIpc) is 2.80. The molecule has 0 aliphatic carbocycles. The molecule has 1 unspecified atom stereocenters. The molecule has 0 aliphatic heterocycles. The number of aromatic nitrogens is 1. The number of benzene rings is 2. The SMILES string of the molecule is COc1cc(NC(C)CCCN)c2nccc(C=Cc3cccc(C(F)(F)F)c3)c2c1.O=P(O)(O)O. The molecule has 8 nitrogen and oxygen atoms in total. The molecular weight excluding hydrogens is 498 g/mol. The normalized spacial score (nSPS) is 12.8. The molecular formula is C24H29F3N3O5P. The lowest BCUT2D eigenvalue weighted by Crippen LogP contribution is -2.17. The predicted octanol–water partition coefficient (Wildman–Crippen LogP) is 5.04. The molecule has 0 bridgehead atoms. The number of rotatable bonds is 8. The van der Waals surface area contributed by atoms with Crippen molar-refractivity contribution in [2.75, 3.05) is 19.0 Å². The lowest BCUT2D eigenvalue weighted by molar-refractivity contribution is -0.137. The molecule has 1 heterocycles. The second-order valence-corrected chi connectivity index (χ2v) is 8.94. The van der Waals surface area contributed by atoms with Gasteiger partial charge in [0, 0.05) is 23.7 Å². The van der Waals surface area contributed by atoms with Gasteiger partial charge in [0.25, 0.3) is 0 Å². The number of nitrogens with zero attached hydrogens (tertiary/aromatic N) is 1. The Morgan fingerprint density at radius 2 is 1.86 bits per heavy atom. The molecule has 196 valence electrons. The van der Waals surface area contributed by atoms with Crippen LogP contribution in [0, 0.1) is 0 Å². The second kappa shape index (κ2) is 12.8. The Balaban J connectivity index is 0.000000830. The molecule has 12 heteroatoms. The van der Waals surface area contributed by atoms with Crippen LogP contribution >= 0.6 is 7.82 Å². The minimum Gasteiger partial charge on any atom is -0.497 e. The van der Waals surface area contributed by atoms with E-state index in [1.807, 2.05) is 18.2 Å². The van der Waals surface area contributed by atoms with Crippen molar-refractivity contribution in [3.63, 3.8) is 0 Å². The van der Waals surface area contributed by atoms with E-state index in [4.69, 9.17) is 29.7 Å². The Morgan fingerprint density at radius 3 is 2.47 bits per heavy atom. The second-order valence-electron chi connectivity index (χ2n) is 7.92. The number of hydrogen-bond donors (Lipinski definition) is 5. The van der Waals surface area contributed by atoms with Gasteiger partial charge < -0.3 is 30.5 Å². The van der Waals surface area contributed by atoms with E-state index < -0.39 is 19.6 Å². The average molecular weight is 527 g/mol. The fourth-order valence-electron chi connectivity index (χ4n) is 3.39. The maximum atomic E-state index is 13.0. The third kappa shape index (κ3) is 9.60. The first kappa shape index (κ1) is 29.3. The first-order chi connectivity index (χ1) is 16.8. The van der Waals surface area contributed by atoms with Crippen molar-refractivity contribution < 1.29 is 37.2 Å². The van der Waals surface area contributed by atoms with E-state index in [0.717, 1.165) is 47.1 Å². The molecule has 0 radical (unpaired) electrons. The molecule has 36 heavy (non-hydrogen) atoms. The molecule has 2 aromatic carbocycles. The van der Waals surface area contributed by atoms with Gasteiger partial charge in [0.15, 0.2) is 0 Å². The lowest BCUT2D eigenvalue weighted by atomic mass is 10.0. The number of anilines is 1. The van der Waals surface area contributed by atoms with Gasteiger partial charge in [0.1, 0.15) is 5.75 Å². The highest BCUT2D eigenvalue weighted by Gasteiger charge is 2.30. The van der Waals surface area contributed by atoms with E-state index in [-0.39, 0.29) is 6.04 Å². The number of hydrogen-bond acceptors (Lipinski definition) is 5. The van der Waals surface area contributed by atoms with Gasteiger partial charge in [0.05, 0.1) is 23.9 Å². The zero-order valence-corrected chi connectivity index (χ0v) is 20.6. The monoisotopic (exact) mass is 527 g/mol. The quantitative estimate of drug-likeness (QED) is 0.257. The van der Waals surface area contributed by atoms with Gasteiger partial charge in [0.2, 0.25) is 0 Å². The molecule has 0 aliphatic rings. The fourth-order valence-corrected chi connectivity index (χ4v) is 3.39. The highest BCUT2D eigenvalue weighted by Crippen LogP contribution is 2.33. The Bertz CT molecular complexity index is 1220. The molecule has 0 saturated heterocycles. The summed E-state index contributed by atoms with van der Waals surface area (Å²) in [5, 5.41) is 4.32. The summed E-state index contributed by atoms with van der Waals surface area (Å²) in [6.07, 6.45) is 2.61. The van der Waals surface area contributed by atoms with Crippen LogP contribution < -0.4 is 15.8 Å². The third-order valence-electron chi connectivity index (χ3n) is 5.00. The van der Waals surface area contributed by atoms with Crippen LogP contribution in [0.25, 0.3) is 23.1 Å². The van der Waals surface area contributed by atoms with Gasteiger partial charge in [-0.2, -0.15) is 13.2 Å². The zero-order valence-electron chi connectivity index (χ0n) is 19.7. The van der Waals surface area contributed by atoms with Crippen molar-refractivity contribution in [3.05, 3.63) is 65.4 Å². The molecule has 0 spiro atoms. The molecule has 1 atom stereocenters. The standard InChI is InChI=1S/C24H26F3N3O.H3O4P/c1-16(5-4-11-28)30-22-15-20(31-2)14-21-18(10-12-29-23(21)22)9-8-17-6-3-7-19(13-17)24(25,26)27;1-5(2,3)4/h3,6-10,12-16,30H,4-5,11,28H2,1-2H3;(H3,1,2,3,4). The smallest absolute Gasteiger partial charge is 0.466 e. The van der Waals surface area contributed by atoms with Gasteiger partial charge in [-0.05, 0) is 61.7 Å². The van der Waals surface area contributed by atoms with Crippen LogP contribution in [-0.2, 0) is 10.7 Å². The van der Waals surface area contributed by atoms with Crippen LogP contribution in [0.4, 0.5) is 18.9 Å². The summed E-state index contributed by atoms with van der Waals surface area (Å²) in [6, 6.07) is 11.0. The molecule has 0 fully saturated rings. The fraction of sp³-hybridized carbons (Fsp3) is 0.292. The molecule has 3 aromatic rings. The molecule has 3 rings (SSSR count). The Hall–Kier alpha value is -2.95. The Morgan fingerprint density at radius 1 is 1.17 bits per heavy atom. The van der Waals surface area contributed by atoms with E-state index in [0.29, 0.717) is 17.9 Å². The summed E-state index contributed by atoms with van der Waals surface area (Å²) in [4.78, 5) is 26.1. The third-order valence-corrected chi connectivity index (χ3v) is 5.00. The van der Waals surface area contributed by atoms with Crippen molar-refractivity contribution in [3.8, 4) is 5.75 Å². The highest BCUT2D eigenvalue weighted by molar-refractivity contribution is 7.45. The number of methoxy groups -OCH3 is 1.